The van der Waals surface area contributed by atoms with E-state index in [-0.39, 0.29) is 6.04 Å². The summed E-state index contributed by atoms with van der Waals surface area (Å²) in [6.45, 7) is 5.47. The predicted molar refractivity (Wildman–Crippen MR) is 111 cm³/mol. The third-order valence-electron chi connectivity index (χ3n) is 4.74. The van der Waals surface area contributed by atoms with Crippen LogP contribution in [0.4, 0.5) is 0 Å². The van der Waals surface area contributed by atoms with Gasteiger partial charge in [0.2, 0.25) is 0 Å². The molecule has 2 heterocycles. The Morgan fingerprint density at radius 2 is 1.92 bits per heavy atom. The molecule has 0 amide bonds. The maximum Gasteiger partial charge on any atom is 0.166 e. The highest BCUT2D eigenvalue weighted by molar-refractivity contribution is 7.80. The summed E-state index contributed by atoms with van der Waals surface area (Å²) in [5, 5.41) is 9.80. The monoisotopic (exact) mass is 373 g/mol. The molecule has 2 atom stereocenters. The molecule has 5 heteroatoms. The lowest BCUT2D eigenvalue weighted by Gasteiger charge is -2.33. The Labute approximate surface area is 160 Å². The average molecular weight is 374 g/mol. The highest BCUT2D eigenvalue weighted by Gasteiger charge is 2.29. The topological polar surface area (TPSA) is 27.3 Å². The minimum Gasteiger partial charge on any atom is -0.362 e. The normalized spacial score (nSPS) is 17.2. The van der Waals surface area contributed by atoms with Crippen LogP contribution < -0.4 is 10.6 Å². The van der Waals surface area contributed by atoms with Gasteiger partial charge in [0.25, 0.3) is 0 Å². The van der Waals surface area contributed by atoms with Gasteiger partial charge < -0.3 is 10.6 Å². The average Bonchev–Trinajstić information content (AvgIpc) is 3.30. The Morgan fingerprint density at radius 1 is 1.16 bits per heavy atom. The van der Waals surface area contributed by atoms with Crippen LogP contribution in [0.3, 0.4) is 0 Å². The maximum atomic E-state index is 5.53. The van der Waals surface area contributed by atoms with Crippen molar-refractivity contribution in [3.8, 4) is 0 Å². The van der Waals surface area contributed by atoms with Gasteiger partial charge in [0.05, 0.1) is 6.04 Å². The first kappa shape index (κ1) is 18.4. The third kappa shape index (κ3) is 5.27. The second kappa shape index (κ2) is 9.32. The number of nitrogens with zero attached hydrogens (tertiary/aromatic N) is 1. The number of benzene rings is 1. The molecule has 3 rings (SSSR count). The van der Waals surface area contributed by atoms with Crippen molar-refractivity contribution in [1.82, 2.24) is 15.5 Å². The lowest BCUT2D eigenvalue weighted by atomic mass is 10.1. The fraction of sp³-hybridized carbons (Fsp3) is 0.450. The molecule has 3 nitrogen and oxygen atoms in total. The molecule has 0 aliphatic carbocycles. The van der Waals surface area contributed by atoms with E-state index in [9.17, 15) is 0 Å². The quantitative estimate of drug-likeness (QED) is 0.718. The minimum atomic E-state index is 0.286. The number of rotatable bonds is 7. The van der Waals surface area contributed by atoms with Gasteiger partial charge in [-0.2, -0.15) is 0 Å². The van der Waals surface area contributed by atoms with E-state index in [1.165, 1.54) is 36.4 Å². The minimum absolute atomic E-state index is 0.286. The first-order valence-corrected chi connectivity index (χ1v) is 10.4. The van der Waals surface area contributed by atoms with Gasteiger partial charge >= 0.3 is 0 Å². The molecule has 1 saturated heterocycles. The highest BCUT2D eigenvalue weighted by atomic mass is 32.1. The molecule has 2 N–H and O–H groups in total. The van der Waals surface area contributed by atoms with Gasteiger partial charge in [0.15, 0.2) is 5.11 Å². The highest BCUT2D eigenvalue weighted by Crippen LogP contribution is 2.31. The van der Waals surface area contributed by atoms with E-state index in [0.717, 1.165) is 18.1 Å². The Bertz CT molecular complexity index is 636. The summed E-state index contributed by atoms with van der Waals surface area (Å²) in [5.41, 5.74) is 1.33. The number of nitrogens with one attached hydrogen (secondary N) is 2. The van der Waals surface area contributed by atoms with Gasteiger partial charge in [-0.05, 0) is 68.5 Å². The first-order chi connectivity index (χ1) is 12.2. The van der Waals surface area contributed by atoms with Crippen molar-refractivity contribution in [2.24, 2.45) is 0 Å². The van der Waals surface area contributed by atoms with Crippen LogP contribution in [0.1, 0.15) is 36.2 Å². The molecule has 0 bridgehead atoms. The molecule has 25 heavy (non-hydrogen) atoms. The molecule has 134 valence electrons. The SMILES string of the molecule is C[C@@H](NC(=S)NCCc1ccccc1)[C@@H](c1cccs1)N1CCCC1. The number of hydrogen-bond donors (Lipinski definition) is 2. The van der Waals surface area contributed by atoms with Crippen LogP contribution in [0.15, 0.2) is 47.8 Å². The van der Waals surface area contributed by atoms with Gasteiger partial charge in [0, 0.05) is 17.5 Å². The van der Waals surface area contributed by atoms with Crippen LogP contribution in [0.2, 0.25) is 0 Å². The van der Waals surface area contributed by atoms with Crippen LogP contribution in [0, 0.1) is 0 Å². The maximum absolute atomic E-state index is 5.53. The van der Waals surface area contributed by atoms with Crippen molar-refractivity contribution in [3.63, 3.8) is 0 Å². The molecule has 1 aliphatic heterocycles. The Morgan fingerprint density at radius 3 is 2.60 bits per heavy atom. The molecule has 2 aromatic rings. The summed E-state index contributed by atoms with van der Waals surface area (Å²) in [7, 11) is 0. The van der Waals surface area contributed by atoms with Gasteiger partial charge in [-0.1, -0.05) is 36.4 Å². The van der Waals surface area contributed by atoms with Crippen molar-refractivity contribution >= 4 is 28.7 Å². The Hall–Kier alpha value is -1.43. The van der Waals surface area contributed by atoms with Crippen molar-refractivity contribution in [1.29, 1.82) is 0 Å². The Balaban J connectivity index is 1.51. The fourth-order valence-electron chi connectivity index (χ4n) is 3.52. The zero-order chi connectivity index (χ0) is 17.5. The van der Waals surface area contributed by atoms with E-state index in [0.29, 0.717) is 6.04 Å². The van der Waals surface area contributed by atoms with E-state index < -0.39 is 0 Å². The molecule has 1 aromatic heterocycles. The van der Waals surface area contributed by atoms with Crippen LogP contribution in [0.5, 0.6) is 0 Å². The summed E-state index contributed by atoms with van der Waals surface area (Å²) >= 11 is 7.37. The largest absolute Gasteiger partial charge is 0.362 e. The summed E-state index contributed by atoms with van der Waals surface area (Å²) in [4.78, 5) is 4.02. The molecular weight excluding hydrogens is 346 g/mol. The lowest BCUT2D eigenvalue weighted by Crippen LogP contribution is -2.47. The van der Waals surface area contributed by atoms with Crippen LogP contribution in [-0.2, 0) is 6.42 Å². The van der Waals surface area contributed by atoms with Gasteiger partial charge in [-0.15, -0.1) is 11.3 Å². The number of hydrogen-bond acceptors (Lipinski definition) is 3. The second-order valence-corrected chi connectivity index (χ2v) is 8.02. The van der Waals surface area contributed by atoms with E-state index in [4.69, 9.17) is 12.2 Å². The molecule has 0 unspecified atom stereocenters. The molecular formula is C20H27N3S2. The second-order valence-electron chi connectivity index (χ2n) is 6.63. The van der Waals surface area contributed by atoms with Crippen molar-refractivity contribution in [3.05, 3.63) is 58.3 Å². The van der Waals surface area contributed by atoms with Crippen molar-refractivity contribution in [2.45, 2.75) is 38.3 Å². The van der Waals surface area contributed by atoms with E-state index in [1.54, 1.807) is 0 Å². The Kier molecular flexibility index (Phi) is 6.84. The van der Waals surface area contributed by atoms with Crippen LogP contribution in [-0.4, -0.2) is 35.7 Å². The molecule has 0 radical (unpaired) electrons. The van der Waals surface area contributed by atoms with Crippen LogP contribution >= 0.6 is 23.6 Å². The smallest absolute Gasteiger partial charge is 0.166 e. The standard InChI is InChI=1S/C20H27N3S2/c1-16(19(18-10-7-15-25-18)23-13-5-6-14-23)22-20(24)21-12-11-17-8-3-2-4-9-17/h2-4,7-10,15-16,19H,5-6,11-14H2,1H3,(H2,21,22,24)/t16-,19+/m1/s1. The summed E-state index contributed by atoms with van der Waals surface area (Å²) in [6, 6.07) is 15.6. The zero-order valence-electron chi connectivity index (χ0n) is 14.8. The van der Waals surface area contributed by atoms with Gasteiger partial charge in [-0.3, -0.25) is 4.90 Å². The number of likely N-dealkylation sites (tertiary alicyclic amines) is 1. The summed E-state index contributed by atoms with van der Waals surface area (Å²) in [6.07, 6.45) is 3.58. The molecule has 1 fully saturated rings. The lowest BCUT2D eigenvalue weighted by molar-refractivity contribution is 0.213. The van der Waals surface area contributed by atoms with E-state index >= 15 is 0 Å². The zero-order valence-corrected chi connectivity index (χ0v) is 16.4. The molecule has 0 spiro atoms. The number of thiophene rings is 1. The van der Waals surface area contributed by atoms with Crippen molar-refractivity contribution < 1.29 is 0 Å². The van der Waals surface area contributed by atoms with Gasteiger partial charge in [-0.25, -0.2) is 0 Å². The fourth-order valence-corrected chi connectivity index (χ4v) is 4.78. The predicted octanol–water partition coefficient (Wildman–Crippen LogP) is 3.98. The first-order valence-electron chi connectivity index (χ1n) is 9.10. The number of thiocarbonyl (C=S) groups is 1. The molecule has 1 aliphatic rings. The molecule has 1 aromatic carbocycles. The van der Waals surface area contributed by atoms with Crippen molar-refractivity contribution in [2.75, 3.05) is 19.6 Å². The van der Waals surface area contributed by atoms with Gasteiger partial charge in [0.1, 0.15) is 0 Å². The van der Waals surface area contributed by atoms with E-state index in [1.807, 2.05) is 17.4 Å². The van der Waals surface area contributed by atoms with E-state index in [2.05, 4.69) is 64.2 Å². The van der Waals surface area contributed by atoms with Crippen LogP contribution in [0.25, 0.3) is 0 Å². The third-order valence-corrected chi connectivity index (χ3v) is 5.95. The summed E-state index contributed by atoms with van der Waals surface area (Å²) < 4.78 is 0. The molecule has 0 saturated carbocycles. The summed E-state index contributed by atoms with van der Waals surface area (Å²) in [5.74, 6) is 0.